The fourth-order valence-corrected chi connectivity index (χ4v) is 5.04. The number of benzene rings is 2. The summed E-state index contributed by atoms with van der Waals surface area (Å²) in [5, 5.41) is 14.8. The number of nitrogens with zero attached hydrogens (tertiary/aromatic N) is 1. The van der Waals surface area contributed by atoms with Crippen molar-refractivity contribution in [2.45, 2.75) is 49.4 Å². The number of carbonyl (C=O) groups is 3. The second-order valence-electron chi connectivity index (χ2n) is 11.5. The summed E-state index contributed by atoms with van der Waals surface area (Å²) < 4.78 is 123. The minimum absolute atomic E-state index is 0.0475. The summed E-state index contributed by atoms with van der Waals surface area (Å²) in [7, 11) is 1.28. The van der Waals surface area contributed by atoms with Crippen molar-refractivity contribution in [3.63, 3.8) is 0 Å². The van der Waals surface area contributed by atoms with Crippen LogP contribution in [-0.2, 0) is 25.5 Å². The third-order valence-corrected chi connectivity index (χ3v) is 7.87. The predicted molar refractivity (Wildman–Crippen MR) is 157 cm³/mol. The van der Waals surface area contributed by atoms with Crippen LogP contribution in [0.3, 0.4) is 0 Å². The Labute approximate surface area is 278 Å². The number of nitrogens with one attached hydrogen (secondary N) is 2. The first-order valence-electron chi connectivity index (χ1n) is 14.8. The van der Waals surface area contributed by atoms with Gasteiger partial charge in [-0.1, -0.05) is 0 Å². The Kier molecular flexibility index (Phi) is 9.62. The summed E-state index contributed by atoms with van der Waals surface area (Å²) in [6.07, 6.45) is -9.58. The molecule has 3 N–H and O–H groups in total. The number of aromatic nitrogens is 1. The van der Waals surface area contributed by atoms with Crippen LogP contribution in [0, 0.1) is 5.82 Å². The molecule has 2 aliphatic rings. The molecular weight excluding hydrogens is 687 g/mol. The standard InChI is InChI=1S/C32H28F7N3O8/c1-16(43)48-13-25(44)42-29(31(34,35)36)15-49-27-21(29)12-24(41-26(27)17-3-6-19(33)7-4-17)30(46,32(37,38)39)14-40-28(45)18-5-10-22(23(11-18)47-2)50-20-8-9-20/h3-7,10-12,20,46H,8-9,13-15H2,1-2H3,(H,40,45)(H,42,44)/t29-,30-/m0/s1. The highest BCUT2D eigenvalue weighted by Crippen LogP contribution is 2.52. The molecule has 1 aliphatic heterocycles. The molecule has 1 saturated carbocycles. The lowest BCUT2D eigenvalue weighted by atomic mass is 9.86. The highest BCUT2D eigenvalue weighted by atomic mass is 19.4. The molecule has 11 nitrogen and oxygen atoms in total. The van der Waals surface area contributed by atoms with Gasteiger partial charge in [0.05, 0.1) is 25.5 Å². The first-order valence-corrected chi connectivity index (χ1v) is 14.8. The van der Waals surface area contributed by atoms with Gasteiger partial charge < -0.3 is 34.7 Å². The molecule has 2 amide bonds. The molecular formula is C32H28F7N3O8. The lowest BCUT2D eigenvalue weighted by molar-refractivity contribution is -0.265. The van der Waals surface area contributed by atoms with Crippen LogP contribution >= 0.6 is 0 Å². The fraction of sp³-hybridized carbons (Fsp3) is 0.375. The van der Waals surface area contributed by atoms with Crippen LogP contribution in [0.25, 0.3) is 11.3 Å². The average molecular weight is 716 g/mol. The summed E-state index contributed by atoms with van der Waals surface area (Å²) in [5.41, 5.74) is -11.3. The molecule has 0 bridgehead atoms. The van der Waals surface area contributed by atoms with Crippen LogP contribution in [-0.4, -0.2) is 73.2 Å². The van der Waals surface area contributed by atoms with Gasteiger partial charge in [0.25, 0.3) is 11.8 Å². The number of fused-ring (bicyclic) bond motifs is 1. The Balaban J connectivity index is 1.59. The average Bonchev–Trinajstić information content (AvgIpc) is 3.79. The number of esters is 1. The summed E-state index contributed by atoms with van der Waals surface area (Å²) in [4.78, 5) is 40.6. The molecule has 50 heavy (non-hydrogen) atoms. The highest BCUT2D eigenvalue weighted by molar-refractivity contribution is 5.95. The van der Waals surface area contributed by atoms with Crippen molar-refractivity contribution in [3.8, 4) is 28.5 Å². The van der Waals surface area contributed by atoms with Crippen LogP contribution in [0.4, 0.5) is 30.7 Å². The van der Waals surface area contributed by atoms with Crippen molar-refractivity contribution in [1.82, 2.24) is 15.6 Å². The van der Waals surface area contributed by atoms with E-state index in [0.717, 1.165) is 44.0 Å². The Morgan fingerprint density at radius 2 is 1.70 bits per heavy atom. The maximum atomic E-state index is 14.9. The number of pyridine rings is 1. The number of halogens is 7. The van der Waals surface area contributed by atoms with E-state index >= 15 is 0 Å². The zero-order valence-corrected chi connectivity index (χ0v) is 26.1. The van der Waals surface area contributed by atoms with Crippen LogP contribution in [0.5, 0.6) is 17.2 Å². The lowest BCUT2D eigenvalue weighted by Gasteiger charge is -2.34. The molecule has 0 radical (unpaired) electrons. The molecule has 2 atom stereocenters. The van der Waals surface area contributed by atoms with E-state index in [-0.39, 0.29) is 34.8 Å². The van der Waals surface area contributed by atoms with E-state index in [4.69, 9.17) is 14.2 Å². The number of hydrogen-bond donors (Lipinski definition) is 3. The second-order valence-corrected chi connectivity index (χ2v) is 11.5. The number of amides is 2. The van der Waals surface area contributed by atoms with Crippen LogP contribution in [0.1, 0.15) is 41.4 Å². The van der Waals surface area contributed by atoms with E-state index in [1.807, 2.05) is 5.32 Å². The van der Waals surface area contributed by atoms with Gasteiger partial charge in [0, 0.05) is 23.6 Å². The lowest BCUT2D eigenvalue weighted by Crippen LogP contribution is -2.58. The predicted octanol–water partition coefficient (Wildman–Crippen LogP) is 4.45. The number of alkyl halides is 6. The van der Waals surface area contributed by atoms with Crippen molar-refractivity contribution in [2.75, 3.05) is 26.9 Å². The minimum atomic E-state index is -5.68. The Hall–Kier alpha value is -5.13. The van der Waals surface area contributed by atoms with Gasteiger partial charge in [-0.05, 0) is 61.4 Å². The topological polar surface area (TPSA) is 145 Å². The molecule has 0 saturated heterocycles. The molecule has 18 heteroatoms. The maximum absolute atomic E-state index is 14.9. The smallest absolute Gasteiger partial charge is 0.424 e. The van der Waals surface area contributed by atoms with E-state index in [9.17, 15) is 50.2 Å². The molecule has 3 aromatic rings. The van der Waals surface area contributed by atoms with Crippen molar-refractivity contribution >= 4 is 17.8 Å². The SMILES string of the molecule is COc1cc(C(=O)NC[C@](O)(c2cc3c(c(-c4ccc(F)cc4)n2)OC[C@@]3(NC(=O)COC(C)=O)C(F)(F)F)C(F)(F)F)ccc1OC1CC1. The normalized spacial score (nSPS) is 18.3. The van der Waals surface area contributed by atoms with Gasteiger partial charge in [-0.15, -0.1) is 0 Å². The zero-order chi connectivity index (χ0) is 36.6. The van der Waals surface area contributed by atoms with Crippen LogP contribution in [0.2, 0.25) is 0 Å². The molecule has 0 unspecified atom stereocenters. The molecule has 1 fully saturated rings. The molecule has 1 aromatic heterocycles. The largest absolute Gasteiger partial charge is 0.493 e. The summed E-state index contributed by atoms with van der Waals surface area (Å²) in [6, 6.07) is 7.74. The van der Waals surface area contributed by atoms with Crippen molar-refractivity contribution < 1.29 is 69.2 Å². The Morgan fingerprint density at radius 1 is 1.02 bits per heavy atom. The summed E-state index contributed by atoms with van der Waals surface area (Å²) in [6.45, 7) is -3.34. The van der Waals surface area contributed by atoms with Crippen molar-refractivity contribution in [2.24, 2.45) is 0 Å². The van der Waals surface area contributed by atoms with Crippen molar-refractivity contribution in [1.29, 1.82) is 0 Å². The van der Waals surface area contributed by atoms with Gasteiger partial charge in [0.2, 0.25) is 5.60 Å². The van der Waals surface area contributed by atoms with Gasteiger partial charge in [0.1, 0.15) is 18.1 Å². The zero-order valence-electron chi connectivity index (χ0n) is 26.1. The number of rotatable bonds is 11. The molecule has 5 rings (SSSR count). The number of aliphatic hydroxyl groups is 1. The summed E-state index contributed by atoms with van der Waals surface area (Å²) >= 11 is 0. The number of ether oxygens (including phenoxy) is 4. The van der Waals surface area contributed by atoms with Crippen LogP contribution in [0.15, 0.2) is 48.5 Å². The van der Waals surface area contributed by atoms with Gasteiger partial charge >= 0.3 is 18.3 Å². The summed E-state index contributed by atoms with van der Waals surface area (Å²) in [5.74, 6) is -4.79. The molecule has 2 aromatic carbocycles. The second kappa shape index (κ2) is 13.3. The fourth-order valence-electron chi connectivity index (χ4n) is 5.04. The molecule has 2 heterocycles. The number of methoxy groups -OCH3 is 1. The number of hydrogen-bond acceptors (Lipinski definition) is 9. The quantitative estimate of drug-likeness (QED) is 0.194. The third kappa shape index (κ3) is 7.10. The highest BCUT2D eigenvalue weighted by Gasteiger charge is 2.64. The first kappa shape index (κ1) is 36.2. The van der Waals surface area contributed by atoms with Gasteiger partial charge in [-0.2, -0.15) is 26.3 Å². The third-order valence-electron chi connectivity index (χ3n) is 7.87. The van der Waals surface area contributed by atoms with E-state index < -0.39 is 89.6 Å². The van der Waals surface area contributed by atoms with E-state index in [2.05, 4.69) is 9.72 Å². The van der Waals surface area contributed by atoms with Gasteiger partial charge in [-0.3, -0.25) is 14.4 Å². The van der Waals surface area contributed by atoms with Crippen LogP contribution < -0.4 is 24.8 Å². The van der Waals surface area contributed by atoms with Gasteiger partial charge in [-0.25, -0.2) is 9.37 Å². The minimum Gasteiger partial charge on any atom is -0.493 e. The monoisotopic (exact) mass is 715 g/mol. The first-order chi connectivity index (χ1) is 23.4. The number of carbonyl (C=O) groups excluding carboxylic acids is 3. The van der Waals surface area contributed by atoms with E-state index in [0.29, 0.717) is 0 Å². The molecule has 0 spiro atoms. The van der Waals surface area contributed by atoms with E-state index in [1.54, 1.807) is 5.32 Å². The maximum Gasteiger partial charge on any atom is 0.424 e. The Bertz CT molecular complexity index is 1800. The Morgan fingerprint density at radius 3 is 2.28 bits per heavy atom. The van der Waals surface area contributed by atoms with Crippen molar-refractivity contribution in [3.05, 3.63) is 71.2 Å². The van der Waals surface area contributed by atoms with E-state index in [1.165, 1.54) is 25.3 Å². The molecule has 268 valence electrons. The molecule has 1 aliphatic carbocycles. The van der Waals surface area contributed by atoms with Gasteiger partial charge in [0.15, 0.2) is 29.4 Å².